The minimum Gasteiger partial charge on any atom is -0.396 e. The summed E-state index contributed by atoms with van der Waals surface area (Å²) in [5.74, 6) is -1.11. The largest absolute Gasteiger partial charge is 0.396 e. The van der Waals surface area contributed by atoms with Gasteiger partial charge in [0.25, 0.3) is 5.91 Å². The van der Waals surface area contributed by atoms with Crippen LogP contribution in [0.25, 0.3) is 0 Å². The van der Waals surface area contributed by atoms with Crippen LogP contribution in [0, 0.1) is 0 Å². The van der Waals surface area contributed by atoms with E-state index in [1.54, 1.807) is 10.9 Å². The number of nitrogens with one attached hydrogen (secondary N) is 1. The van der Waals surface area contributed by atoms with Crippen molar-refractivity contribution in [1.82, 2.24) is 15.1 Å². The molecule has 0 aliphatic heterocycles. The highest BCUT2D eigenvalue weighted by Gasteiger charge is 2.18. The van der Waals surface area contributed by atoms with Crippen molar-refractivity contribution in [3.63, 3.8) is 0 Å². The Morgan fingerprint density at radius 1 is 1.62 bits per heavy atom. The maximum atomic E-state index is 11.6. The lowest BCUT2D eigenvalue weighted by molar-refractivity contribution is -0.119. The Labute approximate surface area is 92.8 Å². The Kier molecular flexibility index (Phi) is 3.49. The fourth-order valence-corrected chi connectivity index (χ4v) is 1.11. The number of anilines is 1. The minimum atomic E-state index is -0.751. The predicted octanol–water partition coefficient (Wildman–Crippen LogP) is -0.911. The van der Waals surface area contributed by atoms with Crippen molar-refractivity contribution in [2.24, 2.45) is 5.73 Å². The quantitative estimate of drug-likeness (QED) is 0.615. The van der Waals surface area contributed by atoms with E-state index in [2.05, 4.69) is 10.4 Å². The maximum absolute atomic E-state index is 11.6. The van der Waals surface area contributed by atoms with Crippen LogP contribution in [0.4, 0.5) is 5.69 Å². The Hall–Kier alpha value is -2.05. The topological polar surface area (TPSA) is 116 Å². The van der Waals surface area contributed by atoms with Gasteiger partial charge in [-0.25, -0.2) is 0 Å². The van der Waals surface area contributed by atoms with Gasteiger partial charge in [0, 0.05) is 12.7 Å². The zero-order chi connectivity index (χ0) is 12.3. The molecule has 0 saturated carbocycles. The van der Waals surface area contributed by atoms with Crippen LogP contribution < -0.4 is 16.8 Å². The summed E-state index contributed by atoms with van der Waals surface area (Å²) in [4.78, 5) is 22.4. The Morgan fingerprint density at radius 3 is 2.69 bits per heavy atom. The van der Waals surface area contributed by atoms with Gasteiger partial charge in [-0.05, 0) is 13.8 Å². The molecule has 0 bridgehead atoms. The molecular weight excluding hydrogens is 210 g/mol. The van der Waals surface area contributed by atoms with E-state index in [1.807, 2.05) is 6.92 Å². The molecule has 1 unspecified atom stereocenters. The van der Waals surface area contributed by atoms with E-state index in [0.29, 0.717) is 6.54 Å². The second kappa shape index (κ2) is 4.65. The minimum absolute atomic E-state index is 0.106. The van der Waals surface area contributed by atoms with E-state index >= 15 is 0 Å². The SMILES string of the molecule is CCn1cc(N)c(C(=O)NC(C)C(N)=O)n1. The molecule has 0 aliphatic rings. The molecule has 0 aromatic carbocycles. The molecule has 1 rings (SSSR count). The molecule has 5 N–H and O–H groups in total. The van der Waals surface area contributed by atoms with Gasteiger partial charge in [-0.2, -0.15) is 5.10 Å². The first-order chi connectivity index (χ1) is 7.45. The highest BCUT2D eigenvalue weighted by molar-refractivity contribution is 5.99. The van der Waals surface area contributed by atoms with Crippen LogP contribution in [0.3, 0.4) is 0 Å². The van der Waals surface area contributed by atoms with Crippen LogP contribution >= 0.6 is 0 Å². The number of carbonyl (C=O) groups excluding carboxylic acids is 2. The van der Waals surface area contributed by atoms with Gasteiger partial charge in [0.05, 0.1) is 5.69 Å². The van der Waals surface area contributed by atoms with Crippen molar-refractivity contribution in [3.8, 4) is 0 Å². The number of nitrogens with two attached hydrogens (primary N) is 2. The van der Waals surface area contributed by atoms with Crippen molar-refractivity contribution in [2.75, 3.05) is 5.73 Å². The number of hydrogen-bond donors (Lipinski definition) is 3. The predicted molar refractivity (Wildman–Crippen MR) is 58.4 cm³/mol. The lowest BCUT2D eigenvalue weighted by Crippen LogP contribution is -2.42. The molecule has 88 valence electrons. The summed E-state index contributed by atoms with van der Waals surface area (Å²) in [5.41, 5.74) is 11.0. The van der Waals surface area contributed by atoms with Gasteiger partial charge in [0.15, 0.2) is 5.69 Å². The van der Waals surface area contributed by atoms with E-state index in [1.165, 1.54) is 6.92 Å². The van der Waals surface area contributed by atoms with Gasteiger partial charge < -0.3 is 16.8 Å². The number of aromatic nitrogens is 2. The third-order valence-corrected chi connectivity index (χ3v) is 2.10. The zero-order valence-electron chi connectivity index (χ0n) is 9.23. The van der Waals surface area contributed by atoms with Crippen molar-refractivity contribution >= 4 is 17.5 Å². The summed E-state index contributed by atoms with van der Waals surface area (Å²) in [7, 11) is 0. The van der Waals surface area contributed by atoms with Crippen LogP contribution in [-0.2, 0) is 11.3 Å². The third-order valence-electron chi connectivity index (χ3n) is 2.10. The van der Waals surface area contributed by atoms with Crippen molar-refractivity contribution in [1.29, 1.82) is 0 Å². The van der Waals surface area contributed by atoms with Crippen molar-refractivity contribution in [2.45, 2.75) is 26.4 Å². The standard InChI is InChI=1S/C9H15N5O2/c1-3-14-4-6(10)7(13-14)9(16)12-5(2)8(11)15/h4-5H,3,10H2,1-2H3,(H2,11,15)(H,12,16). The first-order valence-electron chi connectivity index (χ1n) is 4.88. The average Bonchev–Trinajstić information content (AvgIpc) is 2.59. The van der Waals surface area contributed by atoms with Gasteiger partial charge in [-0.1, -0.05) is 0 Å². The van der Waals surface area contributed by atoms with E-state index in [9.17, 15) is 9.59 Å². The van der Waals surface area contributed by atoms with Gasteiger partial charge in [0.1, 0.15) is 6.04 Å². The van der Waals surface area contributed by atoms with Crippen molar-refractivity contribution < 1.29 is 9.59 Å². The summed E-state index contributed by atoms with van der Waals surface area (Å²) in [6.45, 7) is 3.98. The monoisotopic (exact) mass is 225 g/mol. The molecule has 7 heteroatoms. The molecule has 0 aliphatic carbocycles. The van der Waals surface area contributed by atoms with Crippen LogP contribution in [0.2, 0.25) is 0 Å². The molecule has 0 fully saturated rings. The number of amides is 2. The summed E-state index contributed by atoms with van der Waals surface area (Å²) in [6, 6.07) is -0.751. The van der Waals surface area contributed by atoms with E-state index in [0.717, 1.165) is 0 Å². The highest BCUT2D eigenvalue weighted by Crippen LogP contribution is 2.08. The van der Waals surface area contributed by atoms with E-state index in [4.69, 9.17) is 11.5 Å². The summed E-state index contributed by atoms with van der Waals surface area (Å²) >= 11 is 0. The third kappa shape index (κ3) is 2.50. The molecular formula is C9H15N5O2. The molecule has 1 atom stereocenters. The van der Waals surface area contributed by atoms with Crippen molar-refractivity contribution in [3.05, 3.63) is 11.9 Å². The van der Waals surface area contributed by atoms with E-state index < -0.39 is 17.9 Å². The van der Waals surface area contributed by atoms with E-state index in [-0.39, 0.29) is 11.4 Å². The maximum Gasteiger partial charge on any atom is 0.274 e. The molecule has 7 nitrogen and oxygen atoms in total. The molecule has 16 heavy (non-hydrogen) atoms. The summed E-state index contributed by atoms with van der Waals surface area (Å²) < 4.78 is 1.54. The van der Waals surface area contributed by atoms with Crippen LogP contribution in [0.15, 0.2) is 6.20 Å². The molecule has 0 saturated heterocycles. The normalized spacial score (nSPS) is 12.1. The second-order valence-electron chi connectivity index (χ2n) is 3.39. The first-order valence-corrected chi connectivity index (χ1v) is 4.88. The number of aryl methyl sites for hydroxylation is 1. The molecule has 2 amide bonds. The number of nitrogen functional groups attached to an aromatic ring is 1. The fraction of sp³-hybridized carbons (Fsp3) is 0.444. The zero-order valence-corrected chi connectivity index (χ0v) is 9.23. The summed E-state index contributed by atoms with van der Waals surface area (Å²) in [5, 5.41) is 6.37. The lowest BCUT2D eigenvalue weighted by atomic mass is 10.3. The number of primary amides is 1. The molecule has 0 spiro atoms. The Bertz CT molecular complexity index is 412. The fourth-order valence-electron chi connectivity index (χ4n) is 1.11. The van der Waals surface area contributed by atoms with Crippen LogP contribution in [0.1, 0.15) is 24.3 Å². The molecule has 0 radical (unpaired) electrons. The average molecular weight is 225 g/mol. The van der Waals surface area contributed by atoms with Gasteiger partial charge in [0.2, 0.25) is 5.91 Å². The first kappa shape index (κ1) is 12.0. The van der Waals surface area contributed by atoms with Crippen LogP contribution in [0.5, 0.6) is 0 Å². The number of hydrogen-bond acceptors (Lipinski definition) is 4. The number of rotatable bonds is 4. The van der Waals surface area contributed by atoms with Gasteiger partial charge >= 0.3 is 0 Å². The molecule has 1 aromatic rings. The highest BCUT2D eigenvalue weighted by atomic mass is 16.2. The number of carbonyl (C=O) groups is 2. The van der Waals surface area contributed by atoms with Gasteiger partial charge in [-0.15, -0.1) is 0 Å². The number of nitrogens with zero attached hydrogens (tertiary/aromatic N) is 2. The Morgan fingerprint density at radius 2 is 2.25 bits per heavy atom. The van der Waals surface area contributed by atoms with Gasteiger partial charge in [-0.3, -0.25) is 14.3 Å². The Balaban J connectivity index is 2.80. The smallest absolute Gasteiger partial charge is 0.274 e. The van der Waals surface area contributed by atoms with Crippen LogP contribution in [-0.4, -0.2) is 27.6 Å². The second-order valence-corrected chi connectivity index (χ2v) is 3.39. The summed E-state index contributed by atoms with van der Waals surface area (Å²) in [6.07, 6.45) is 1.56. The molecule has 1 heterocycles. The molecule has 1 aromatic heterocycles. The lowest BCUT2D eigenvalue weighted by Gasteiger charge is -2.08.